The number of nitrogens with two attached hydrogens (primary N) is 1. The third kappa shape index (κ3) is 4.80. The molecule has 0 fully saturated rings. The van der Waals surface area contributed by atoms with E-state index in [2.05, 4.69) is 26.7 Å². The largest absolute Gasteiger partial charge is 0.394 e. The zero-order chi connectivity index (χ0) is 28.7. The number of anilines is 2. The number of nitrogens with zero attached hydrogens (tertiary/aromatic N) is 4. The molecule has 6 rings (SSSR count). The maximum Gasteiger partial charge on any atom is 0.270 e. The fraction of sp³-hybridized carbons (Fsp3) is 0.233. The lowest BCUT2D eigenvalue weighted by Crippen LogP contribution is -2.44. The van der Waals surface area contributed by atoms with Gasteiger partial charge in [-0.1, -0.05) is 24.3 Å². The molecular formula is C30H25N7O4. The maximum atomic E-state index is 12.9. The molecule has 0 saturated heterocycles. The average molecular weight is 548 g/mol. The van der Waals surface area contributed by atoms with E-state index in [1.807, 2.05) is 35.2 Å². The molecule has 11 nitrogen and oxygen atoms in total. The van der Waals surface area contributed by atoms with Crippen molar-refractivity contribution in [2.45, 2.75) is 38.4 Å². The molecule has 0 saturated carbocycles. The number of aromatic nitrogens is 2. The maximum absolute atomic E-state index is 12.9. The smallest absolute Gasteiger partial charge is 0.270 e. The first kappa shape index (κ1) is 25.9. The van der Waals surface area contributed by atoms with Crippen molar-refractivity contribution in [1.82, 2.24) is 20.6 Å². The molecule has 1 aromatic heterocycles. The van der Waals surface area contributed by atoms with Crippen LogP contribution >= 0.6 is 0 Å². The number of carbonyl (C=O) groups excluding carboxylic acids is 2. The Morgan fingerprint density at radius 1 is 0.976 bits per heavy atom. The van der Waals surface area contributed by atoms with Gasteiger partial charge in [0.2, 0.25) is 0 Å². The predicted molar refractivity (Wildman–Crippen MR) is 150 cm³/mol. The first-order chi connectivity index (χ1) is 19.8. The third-order valence-corrected chi connectivity index (χ3v) is 7.76. The third-order valence-electron chi connectivity index (χ3n) is 7.76. The Bertz CT molecular complexity index is 1830. The van der Waals surface area contributed by atoms with Crippen LogP contribution in [0.5, 0.6) is 0 Å². The average Bonchev–Trinajstić information content (AvgIpc) is 3.41. The number of benzene rings is 2. The number of carbonyl (C=O) groups is 2. The number of hydrogen-bond acceptors (Lipinski definition) is 9. The number of fused-ring (bicyclic) bond motifs is 2. The molecule has 0 spiro atoms. The lowest BCUT2D eigenvalue weighted by molar-refractivity contribution is 0.0931. The van der Waals surface area contributed by atoms with Crippen molar-refractivity contribution in [3.05, 3.63) is 114 Å². The van der Waals surface area contributed by atoms with E-state index in [4.69, 9.17) is 11.0 Å². The topological polar surface area (TPSA) is 171 Å². The summed E-state index contributed by atoms with van der Waals surface area (Å²) in [4.78, 5) is 59.2. The fourth-order valence-corrected chi connectivity index (χ4v) is 5.57. The Hall–Kier alpha value is -5.37. The number of hydrogen-bond donors (Lipinski definition) is 3. The second-order valence-corrected chi connectivity index (χ2v) is 10.3. The number of amides is 2. The summed E-state index contributed by atoms with van der Waals surface area (Å²) in [5.74, 6) is -0.863. The minimum atomic E-state index is -0.633. The lowest BCUT2D eigenvalue weighted by Gasteiger charge is -2.32. The standard InChI is InChI=1S/C30H25N7O4/c31-12-16-2-5-21-19(9-16)4-6-22(21)36-30(41)24-11-23(34-15-35-24)29(40)33-13-17-1-3-18-7-8-37(14-20(18)10-17)26-25(32)27(38)28(26)39/h1-3,5,9-11,15,22H,4,6-8,13-14,32H2,(H,33,40)(H,36,41)/t22-/m0/s1. The Morgan fingerprint density at radius 3 is 2.56 bits per heavy atom. The van der Waals surface area contributed by atoms with Crippen LogP contribution in [0.2, 0.25) is 0 Å². The van der Waals surface area contributed by atoms with Crippen molar-refractivity contribution in [2.24, 2.45) is 0 Å². The van der Waals surface area contributed by atoms with Crippen LogP contribution in [-0.4, -0.2) is 28.3 Å². The highest BCUT2D eigenvalue weighted by molar-refractivity contribution is 5.97. The normalized spacial score (nSPS) is 15.6. The minimum Gasteiger partial charge on any atom is -0.394 e. The molecule has 11 heteroatoms. The molecule has 1 aliphatic heterocycles. The molecule has 0 radical (unpaired) electrons. The molecule has 1 aliphatic carbocycles. The molecule has 2 aliphatic rings. The molecule has 41 heavy (non-hydrogen) atoms. The van der Waals surface area contributed by atoms with E-state index in [9.17, 15) is 19.2 Å². The van der Waals surface area contributed by atoms with E-state index >= 15 is 0 Å². The monoisotopic (exact) mass is 547 g/mol. The SMILES string of the molecule is N#Cc1ccc2c(c1)CC[C@@H]2NC(=O)c1cc(C(=O)NCc2ccc3c(c2)CN(c2c(N)c(=O)c2=O)CC3)ncn1. The van der Waals surface area contributed by atoms with Crippen LogP contribution in [0.3, 0.4) is 0 Å². The van der Waals surface area contributed by atoms with E-state index in [1.165, 1.54) is 12.4 Å². The van der Waals surface area contributed by atoms with Crippen LogP contribution in [0.4, 0.5) is 11.4 Å². The van der Waals surface area contributed by atoms with Crippen LogP contribution in [-0.2, 0) is 25.9 Å². The van der Waals surface area contributed by atoms with Crippen LogP contribution in [0.1, 0.15) is 66.8 Å². The Kier molecular flexibility index (Phi) is 6.51. The summed E-state index contributed by atoms with van der Waals surface area (Å²) in [6.45, 7) is 1.27. The van der Waals surface area contributed by atoms with Gasteiger partial charge in [0.05, 0.1) is 17.7 Å². The second-order valence-electron chi connectivity index (χ2n) is 10.3. The molecule has 204 valence electrons. The highest BCUT2D eigenvalue weighted by Gasteiger charge is 2.27. The molecule has 1 atom stereocenters. The van der Waals surface area contributed by atoms with Gasteiger partial charge in [0.15, 0.2) is 0 Å². The van der Waals surface area contributed by atoms with E-state index in [0.29, 0.717) is 31.5 Å². The van der Waals surface area contributed by atoms with Gasteiger partial charge in [0.1, 0.15) is 29.1 Å². The summed E-state index contributed by atoms with van der Waals surface area (Å²) in [5, 5.41) is 14.9. The van der Waals surface area contributed by atoms with E-state index in [1.54, 1.807) is 6.07 Å². The highest BCUT2D eigenvalue weighted by atomic mass is 16.2. The molecule has 3 aromatic carbocycles. The van der Waals surface area contributed by atoms with Gasteiger partial charge in [0, 0.05) is 25.7 Å². The van der Waals surface area contributed by atoms with Crippen molar-refractivity contribution in [3.63, 3.8) is 0 Å². The van der Waals surface area contributed by atoms with Gasteiger partial charge in [-0.3, -0.25) is 19.2 Å². The summed E-state index contributed by atoms with van der Waals surface area (Å²) >= 11 is 0. The van der Waals surface area contributed by atoms with Crippen molar-refractivity contribution in [3.8, 4) is 6.07 Å². The number of aryl methyl sites for hydroxylation is 1. The summed E-state index contributed by atoms with van der Waals surface area (Å²) in [5.41, 5.74) is 10.6. The zero-order valence-corrected chi connectivity index (χ0v) is 21.9. The lowest BCUT2D eigenvalue weighted by atomic mass is 9.96. The van der Waals surface area contributed by atoms with Gasteiger partial charge < -0.3 is 21.3 Å². The van der Waals surface area contributed by atoms with E-state index in [-0.39, 0.29) is 35.3 Å². The minimum absolute atomic E-state index is 0.0158. The van der Waals surface area contributed by atoms with E-state index in [0.717, 1.165) is 34.2 Å². The first-order valence-corrected chi connectivity index (χ1v) is 13.2. The predicted octanol–water partition coefficient (Wildman–Crippen LogP) is 1.44. The molecule has 0 bridgehead atoms. The number of nitrogen functional groups attached to an aromatic ring is 1. The molecular weight excluding hydrogens is 522 g/mol. The summed E-state index contributed by atoms with van der Waals surface area (Å²) < 4.78 is 0. The second kappa shape index (κ2) is 10.3. The van der Waals surface area contributed by atoms with Gasteiger partial charge in [0.25, 0.3) is 22.7 Å². The molecule has 0 unspecified atom stereocenters. The number of nitrogens with one attached hydrogen (secondary N) is 2. The van der Waals surface area contributed by atoms with Crippen LogP contribution in [0.15, 0.2) is 58.4 Å². The van der Waals surface area contributed by atoms with Gasteiger partial charge in [-0.2, -0.15) is 5.26 Å². The Labute approximate surface area is 234 Å². The van der Waals surface area contributed by atoms with Crippen molar-refractivity contribution in [2.75, 3.05) is 17.2 Å². The Morgan fingerprint density at radius 2 is 1.78 bits per heavy atom. The zero-order valence-electron chi connectivity index (χ0n) is 21.9. The molecule has 4 aromatic rings. The van der Waals surface area contributed by atoms with Crippen LogP contribution in [0, 0.1) is 11.3 Å². The van der Waals surface area contributed by atoms with Crippen LogP contribution in [0.25, 0.3) is 0 Å². The van der Waals surface area contributed by atoms with Gasteiger partial charge in [-0.15, -0.1) is 0 Å². The Balaban J connectivity index is 1.09. The van der Waals surface area contributed by atoms with Crippen molar-refractivity contribution >= 4 is 23.2 Å². The molecule has 2 amide bonds. The quantitative estimate of drug-likeness (QED) is 0.302. The highest BCUT2D eigenvalue weighted by Crippen LogP contribution is 2.32. The van der Waals surface area contributed by atoms with Gasteiger partial charge in [-0.25, -0.2) is 9.97 Å². The van der Waals surface area contributed by atoms with Gasteiger partial charge >= 0.3 is 0 Å². The molecule has 2 heterocycles. The molecule has 4 N–H and O–H groups in total. The fourth-order valence-electron chi connectivity index (χ4n) is 5.57. The van der Waals surface area contributed by atoms with Crippen LogP contribution < -0.4 is 32.1 Å². The number of nitriles is 1. The van der Waals surface area contributed by atoms with Crippen molar-refractivity contribution in [1.29, 1.82) is 5.26 Å². The first-order valence-electron chi connectivity index (χ1n) is 13.2. The van der Waals surface area contributed by atoms with Crippen molar-refractivity contribution < 1.29 is 9.59 Å². The summed E-state index contributed by atoms with van der Waals surface area (Å²) in [7, 11) is 0. The summed E-state index contributed by atoms with van der Waals surface area (Å²) in [6, 6.07) is 14.6. The summed E-state index contributed by atoms with van der Waals surface area (Å²) in [6.07, 6.45) is 3.37. The van der Waals surface area contributed by atoms with Gasteiger partial charge in [-0.05, 0) is 59.2 Å². The van der Waals surface area contributed by atoms with E-state index < -0.39 is 22.7 Å². The number of rotatable bonds is 6.